The van der Waals surface area contributed by atoms with E-state index in [0.717, 1.165) is 11.6 Å². The second-order valence-corrected chi connectivity index (χ2v) is 11.9. The van der Waals surface area contributed by atoms with Crippen molar-refractivity contribution < 1.29 is 45.1 Å². The minimum absolute atomic E-state index is 0.0521. The van der Waals surface area contributed by atoms with Crippen LogP contribution < -0.4 is 0 Å². The smallest absolute Gasteiger partial charge is 0.397 e. The van der Waals surface area contributed by atoms with E-state index in [1.165, 1.54) is 11.9 Å². The molecule has 0 radical (unpaired) electrons. The summed E-state index contributed by atoms with van der Waals surface area (Å²) in [6, 6.07) is 0. The van der Waals surface area contributed by atoms with Crippen LogP contribution in [0.2, 0.25) is 0 Å². The highest BCUT2D eigenvalue weighted by molar-refractivity contribution is 7.95. The van der Waals surface area contributed by atoms with E-state index in [1.54, 1.807) is 0 Å². The molecule has 2 N–H and O–H groups in total. The van der Waals surface area contributed by atoms with Crippen LogP contribution in [0.25, 0.3) is 5.53 Å². The third-order valence-corrected chi connectivity index (χ3v) is 9.31. The zero-order valence-corrected chi connectivity index (χ0v) is 18.8. The summed E-state index contributed by atoms with van der Waals surface area (Å²) < 4.78 is 59.4. The van der Waals surface area contributed by atoms with Gasteiger partial charge in [0.15, 0.2) is 20.3 Å². The summed E-state index contributed by atoms with van der Waals surface area (Å²) in [7, 11) is -7.87. The largest absolute Gasteiger partial charge is 0.476 e. The first-order valence-electron chi connectivity index (χ1n) is 9.31. The zero-order valence-electron chi connectivity index (χ0n) is 17.1. The Morgan fingerprint density at radius 2 is 2.00 bits per heavy atom. The van der Waals surface area contributed by atoms with E-state index < -0.39 is 48.2 Å². The van der Waals surface area contributed by atoms with Crippen LogP contribution in [0.1, 0.15) is 46.3 Å². The van der Waals surface area contributed by atoms with E-state index in [0.29, 0.717) is 6.21 Å². The molecule has 0 bridgehead atoms. The van der Waals surface area contributed by atoms with Crippen LogP contribution in [0.4, 0.5) is 0 Å². The monoisotopic (exact) mass is 491 g/mol. The van der Waals surface area contributed by atoms with Gasteiger partial charge in [-0.25, -0.2) is 17.4 Å². The van der Waals surface area contributed by atoms with Crippen molar-refractivity contribution in [1.29, 1.82) is 0 Å². The first-order chi connectivity index (χ1) is 14.7. The van der Waals surface area contributed by atoms with Crippen LogP contribution in [0.5, 0.6) is 0 Å². The first-order valence-corrected chi connectivity index (χ1v) is 12.2. The molecule has 32 heavy (non-hydrogen) atoms. The number of nitrogens with zero attached hydrogens (tertiary/aromatic N) is 5. The number of hydrogen-bond donors (Lipinski definition) is 2. The maximum atomic E-state index is 13.4. The van der Waals surface area contributed by atoms with Crippen molar-refractivity contribution in [2.75, 3.05) is 19.7 Å². The van der Waals surface area contributed by atoms with Crippen LogP contribution in [0.15, 0.2) is 0 Å². The van der Waals surface area contributed by atoms with Gasteiger partial charge in [-0.15, -0.1) is 0 Å². The highest BCUT2D eigenvalue weighted by Crippen LogP contribution is 2.49. The van der Waals surface area contributed by atoms with Gasteiger partial charge in [-0.1, -0.05) is 0 Å². The predicted octanol–water partition coefficient (Wildman–Crippen LogP) is -1.06. The Labute approximate surface area is 183 Å². The number of fused-ring (bicyclic) bond motifs is 1. The molecule has 1 unspecified atom stereocenters. The third-order valence-electron chi connectivity index (χ3n) is 5.77. The summed E-state index contributed by atoms with van der Waals surface area (Å²) >= 11 is 0. The lowest BCUT2D eigenvalue weighted by molar-refractivity contribution is -0.00278. The van der Waals surface area contributed by atoms with E-state index >= 15 is 0 Å². The summed E-state index contributed by atoms with van der Waals surface area (Å²) in [6.45, 7) is -0.158. The fraction of sp³-hybridized carbons (Fsp3) is 0.625. The van der Waals surface area contributed by atoms with Crippen LogP contribution in [-0.2, 0) is 37.9 Å². The zero-order chi connectivity index (χ0) is 24.1. The quantitative estimate of drug-likeness (QED) is 0.185. The van der Waals surface area contributed by atoms with Crippen LogP contribution >= 0.6 is 0 Å². The molecule has 0 saturated heterocycles. The van der Waals surface area contributed by atoms with Gasteiger partial charge in [0.05, 0.1) is 11.4 Å². The van der Waals surface area contributed by atoms with E-state index in [-0.39, 0.29) is 49.3 Å². The number of amides is 1. The summed E-state index contributed by atoms with van der Waals surface area (Å²) in [5.74, 6) is -1.86. The summed E-state index contributed by atoms with van der Waals surface area (Å²) in [6.07, 6.45) is 1.06. The molecular formula is C16H21N5O9S2. The van der Waals surface area contributed by atoms with E-state index in [1.807, 2.05) is 0 Å². The number of carboxylic acids is 1. The lowest BCUT2D eigenvalue weighted by atomic mass is 10.0. The molecule has 2 heterocycles. The van der Waals surface area contributed by atoms with Crippen molar-refractivity contribution in [3.8, 4) is 0 Å². The molecule has 0 spiro atoms. The Morgan fingerprint density at radius 3 is 2.50 bits per heavy atom. The minimum atomic E-state index is -4.97. The molecule has 1 amide bonds. The number of sulfone groups is 1. The molecule has 1 aliphatic heterocycles. The number of aryl methyl sites for hydroxylation is 1. The molecule has 0 aromatic carbocycles. The van der Waals surface area contributed by atoms with Crippen LogP contribution in [-0.4, -0.2) is 93.2 Å². The van der Waals surface area contributed by atoms with Gasteiger partial charge in [-0.3, -0.25) is 14.0 Å². The van der Waals surface area contributed by atoms with Gasteiger partial charge >= 0.3 is 16.4 Å². The molecule has 16 heteroatoms. The summed E-state index contributed by atoms with van der Waals surface area (Å²) in [5.41, 5.74) is 9.03. The maximum Gasteiger partial charge on any atom is 0.397 e. The van der Waals surface area contributed by atoms with Gasteiger partial charge in [-0.05, 0) is 26.2 Å². The Hall–Kier alpha value is -2.65. The SMILES string of the molecule is Cn1nc(C(=O)O)c2c1C(=O)N(CC1(S(=O)(=O)C(C)(C=[N+]=[N-])COS(=O)(=O)O)CC1)CC2. The number of carbonyl (C=O) groups excluding carboxylic acids is 1. The normalized spacial score (nSPS) is 19.6. The standard InChI is InChI=1S/C16H21N5O9S2/c1-15(7-18-17,9-30-32(27,28)29)31(25,26)16(4-5-16)8-21-6-3-10-11(14(23)24)19-20(2)12(10)13(21)22/h7H,3-6,8-9H2,1-2H3,(H,23,24)(H,27,28,29). The van der Waals surface area contributed by atoms with Gasteiger partial charge < -0.3 is 15.5 Å². The molecule has 1 atom stereocenters. The summed E-state index contributed by atoms with van der Waals surface area (Å²) in [4.78, 5) is 28.4. The average Bonchev–Trinajstić information content (AvgIpc) is 3.39. The van der Waals surface area contributed by atoms with Crippen molar-refractivity contribution in [3.63, 3.8) is 0 Å². The predicted molar refractivity (Wildman–Crippen MR) is 106 cm³/mol. The van der Waals surface area contributed by atoms with Crippen molar-refractivity contribution in [3.05, 3.63) is 22.5 Å². The van der Waals surface area contributed by atoms with Gasteiger partial charge in [0.1, 0.15) is 5.69 Å². The molecule has 1 fully saturated rings. The van der Waals surface area contributed by atoms with Gasteiger partial charge in [0.25, 0.3) is 12.1 Å². The van der Waals surface area contributed by atoms with Crippen molar-refractivity contribution >= 4 is 38.3 Å². The number of hydrogen-bond acceptors (Lipinski definition) is 8. The Kier molecular flexibility index (Phi) is 5.80. The number of rotatable bonds is 9. The van der Waals surface area contributed by atoms with Crippen LogP contribution in [0, 0.1) is 0 Å². The Balaban J connectivity index is 1.91. The highest BCUT2D eigenvalue weighted by atomic mass is 32.3. The first kappa shape index (κ1) is 24.0. The maximum absolute atomic E-state index is 13.4. The molecule has 1 aliphatic carbocycles. The van der Waals surface area contributed by atoms with E-state index in [9.17, 15) is 31.5 Å². The number of aromatic nitrogens is 2. The second kappa shape index (κ2) is 7.74. The van der Waals surface area contributed by atoms with Gasteiger partial charge in [0, 0.05) is 25.7 Å². The molecular weight excluding hydrogens is 470 g/mol. The molecule has 3 rings (SSSR count). The van der Waals surface area contributed by atoms with Crippen LogP contribution in [0.3, 0.4) is 0 Å². The van der Waals surface area contributed by atoms with E-state index in [2.05, 4.69) is 14.1 Å². The molecule has 14 nitrogen and oxygen atoms in total. The molecule has 1 saturated carbocycles. The third kappa shape index (κ3) is 3.95. The fourth-order valence-corrected chi connectivity index (χ4v) is 6.71. The minimum Gasteiger partial charge on any atom is -0.476 e. The average molecular weight is 492 g/mol. The Bertz CT molecular complexity index is 1240. The fourth-order valence-electron chi connectivity index (χ4n) is 3.88. The number of carbonyl (C=O) groups is 2. The molecule has 1 aromatic heterocycles. The van der Waals surface area contributed by atoms with Crippen molar-refractivity contribution in [1.82, 2.24) is 14.7 Å². The summed E-state index contributed by atoms with van der Waals surface area (Å²) in [5, 5.41) is 13.1. The van der Waals surface area contributed by atoms with Gasteiger partial charge in [-0.2, -0.15) is 18.3 Å². The topological polar surface area (TPSA) is 210 Å². The molecule has 2 aliphatic rings. The van der Waals surface area contributed by atoms with Crippen molar-refractivity contribution in [2.45, 2.75) is 35.7 Å². The molecule has 1 aromatic rings. The van der Waals surface area contributed by atoms with Crippen molar-refractivity contribution in [2.24, 2.45) is 7.05 Å². The number of carboxylic acid groups (broad SMARTS) is 1. The number of aromatic carboxylic acids is 1. The van der Waals surface area contributed by atoms with E-state index in [4.69, 9.17) is 10.1 Å². The second-order valence-electron chi connectivity index (χ2n) is 8.01. The molecule has 176 valence electrons. The Morgan fingerprint density at radius 1 is 1.38 bits per heavy atom. The lowest BCUT2D eigenvalue weighted by Gasteiger charge is -2.33. The van der Waals surface area contributed by atoms with Gasteiger partial charge in [0.2, 0.25) is 0 Å². The highest BCUT2D eigenvalue weighted by Gasteiger charge is 2.64. The lowest BCUT2D eigenvalue weighted by Crippen LogP contribution is -2.54.